The fourth-order valence-corrected chi connectivity index (χ4v) is 1.94. The summed E-state index contributed by atoms with van der Waals surface area (Å²) in [6.45, 7) is 7.39. The molecular weight excluding hydrogens is 220 g/mol. The van der Waals surface area contributed by atoms with Crippen molar-refractivity contribution in [1.82, 2.24) is 10.9 Å². The lowest BCUT2D eigenvalue weighted by Crippen LogP contribution is -2.49. The number of carbonyl (C=O) groups excluding carboxylic acids is 2. The Bertz CT molecular complexity index is 267. The Labute approximate surface area is 102 Å². The minimum atomic E-state index is -0.675. The molecule has 0 spiro atoms. The van der Waals surface area contributed by atoms with Gasteiger partial charge >= 0.3 is 0 Å². The van der Waals surface area contributed by atoms with Crippen LogP contribution < -0.4 is 22.5 Å². The van der Waals surface area contributed by atoms with Crippen LogP contribution in [0.1, 0.15) is 47.0 Å². The minimum Gasteiger partial charge on any atom is -0.294 e. The summed E-state index contributed by atoms with van der Waals surface area (Å²) in [5, 5.41) is 0. The second kappa shape index (κ2) is 5.97. The van der Waals surface area contributed by atoms with Gasteiger partial charge in [0.1, 0.15) is 0 Å². The standard InChI is InChI=1S/C11H24N4O2/c1-5-10(3,8(16)14-12)7-11(4,6-2)9(17)15-13/h5-7,12-13H2,1-4H3,(H,14,16)(H,15,17). The third kappa shape index (κ3) is 3.41. The Morgan fingerprint density at radius 1 is 0.941 bits per heavy atom. The van der Waals surface area contributed by atoms with E-state index in [0.29, 0.717) is 19.3 Å². The fourth-order valence-electron chi connectivity index (χ4n) is 1.94. The topological polar surface area (TPSA) is 110 Å². The first kappa shape index (κ1) is 15.9. The molecule has 0 aliphatic rings. The van der Waals surface area contributed by atoms with E-state index in [9.17, 15) is 9.59 Å². The lowest BCUT2D eigenvalue weighted by Gasteiger charge is -2.35. The Morgan fingerprint density at radius 3 is 1.41 bits per heavy atom. The van der Waals surface area contributed by atoms with Gasteiger partial charge in [-0.15, -0.1) is 0 Å². The van der Waals surface area contributed by atoms with Gasteiger partial charge in [-0.1, -0.05) is 27.7 Å². The van der Waals surface area contributed by atoms with Crippen molar-refractivity contribution in [3.63, 3.8) is 0 Å². The van der Waals surface area contributed by atoms with E-state index >= 15 is 0 Å². The number of carbonyl (C=O) groups is 2. The summed E-state index contributed by atoms with van der Waals surface area (Å²) in [5.74, 6) is 9.84. The zero-order valence-electron chi connectivity index (χ0n) is 11.1. The van der Waals surface area contributed by atoms with E-state index in [4.69, 9.17) is 11.7 Å². The molecule has 100 valence electrons. The maximum atomic E-state index is 11.8. The van der Waals surface area contributed by atoms with Gasteiger partial charge < -0.3 is 0 Å². The number of hydrazine groups is 2. The van der Waals surface area contributed by atoms with E-state index in [1.807, 2.05) is 13.8 Å². The van der Waals surface area contributed by atoms with E-state index in [0.717, 1.165) is 0 Å². The van der Waals surface area contributed by atoms with Gasteiger partial charge in [-0.3, -0.25) is 20.4 Å². The van der Waals surface area contributed by atoms with Gasteiger partial charge in [-0.2, -0.15) is 0 Å². The summed E-state index contributed by atoms with van der Waals surface area (Å²) in [4.78, 5) is 23.5. The quantitative estimate of drug-likeness (QED) is 0.303. The molecule has 2 unspecified atom stereocenters. The van der Waals surface area contributed by atoms with E-state index < -0.39 is 10.8 Å². The zero-order valence-corrected chi connectivity index (χ0v) is 11.1. The number of rotatable bonds is 6. The lowest BCUT2D eigenvalue weighted by molar-refractivity contribution is -0.138. The Kier molecular flexibility index (Phi) is 5.57. The maximum absolute atomic E-state index is 11.8. The van der Waals surface area contributed by atoms with E-state index in [-0.39, 0.29) is 11.8 Å². The highest BCUT2D eigenvalue weighted by Crippen LogP contribution is 2.39. The average molecular weight is 244 g/mol. The first-order valence-electron chi connectivity index (χ1n) is 5.81. The molecule has 0 aromatic rings. The largest absolute Gasteiger partial charge is 0.294 e. The normalized spacial score (nSPS) is 17.8. The van der Waals surface area contributed by atoms with Crippen LogP contribution in [0.5, 0.6) is 0 Å². The SMILES string of the molecule is CCC(C)(CC(C)(CC)C(=O)NN)C(=O)NN. The van der Waals surface area contributed by atoms with Gasteiger partial charge in [0.2, 0.25) is 11.8 Å². The molecule has 6 N–H and O–H groups in total. The predicted octanol–water partition coefficient (Wildman–Crippen LogP) is 0.189. The first-order valence-corrected chi connectivity index (χ1v) is 5.81. The van der Waals surface area contributed by atoms with Crippen LogP contribution in [0, 0.1) is 10.8 Å². The van der Waals surface area contributed by atoms with Crippen LogP contribution in [-0.4, -0.2) is 11.8 Å². The molecule has 0 fully saturated rings. The molecule has 6 heteroatoms. The molecule has 2 amide bonds. The third-order valence-electron chi connectivity index (χ3n) is 3.70. The van der Waals surface area contributed by atoms with Crippen LogP contribution in [0.4, 0.5) is 0 Å². The lowest BCUT2D eigenvalue weighted by atomic mass is 9.69. The van der Waals surface area contributed by atoms with Gasteiger partial charge in [0, 0.05) is 10.8 Å². The van der Waals surface area contributed by atoms with Gasteiger partial charge in [0.05, 0.1) is 0 Å². The fraction of sp³-hybridized carbons (Fsp3) is 0.818. The average Bonchev–Trinajstić information content (AvgIpc) is 2.35. The number of nitrogens with one attached hydrogen (secondary N) is 2. The van der Waals surface area contributed by atoms with Gasteiger partial charge in [0.15, 0.2) is 0 Å². The smallest absolute Gasteiger partial charge is 0.239 e. The molecule has 0 aromatic carbocycles. The second-order valence-electron chi connectivity index (χ2n) is 4.95. The van der Waals surface area contributed by atoms with E-state index in [1.165, 1.54) is 0 Å². The number of hydrogen-bond acceptors (Lipinski definition) is 4. The molecule has 17 heavy (non-hydrogen) atoms. The summed E-state index contributed by atoms with van der Waals surface area (Å²) >= 11 is 0. The molecule has 2 atom stereocenters. The van der Waals surface area contributed by atoms with Crippen LogP contribution in [-0.2, 0) is 9.59 Å². The van der Waals surface area contributed by atoms with Crippen LogP contribution in [0.3, 0.4) is 0 Å². The Hall–Kier alpha value is -1.14. The monoisotopic (exact) mass is 244 g/mol. The summed E-state index contributed by atoms with van der Waals surface area (Å²) < 4.78 is 0. The highest BCUT2D eigenvalue weighted by atomic mass is 16.2. The predicted molar refractivity (Wildman–Crippen MR) is 66.1 cm³/mol. The summed E-state index contributed by atoms with van der Waals surface area (Å²) in [7, 11) is 0. The molecule has 0 aliphatic heterocycles. The zero-order chi connectivity index (χ0) is 13.7. The molecule has 0 saturated heterocycles. The van der Waals surface area contributed by atoms with E-state index in [1.54, 1.807) is 13.8 Å². The molecule has 6 nitrogen and oxygen atoms in total. The molecule has 0 bridgehead atoms. The van der Waals surface area contributed by atoms with Crippen molar-refractivity contribution in [2.45, 2.75) is 47.0 Å². The minimum absolute atomic E-state index is 0.260. The highest BCUT2D eigenvalue weighted by Gasteiger charge is 2.42. The number of hydrogen-bond donors (Lipinski definition) is 4. The molecule has 0 rings (SSSR count). The van der Waals surface area contributed by atoms with E-state index in [2.05, 4.69) is 10.9 Å². The van der Waals surface area contributed by atoms with Crippen molar-refractivity contribution < 1.29 is 9.59 Å². The van der Waals surface area contributed by atoms with Crippen LogP contribution in [0.2, 0.25) is 0 Å². The maximum Gasteiger partial charge on any atom is 0.239 e. The summed E-state index contributed by atoms with van der Waals surface area (Å²) in [6, 6.07) is 0. The second-order valence-corrected chi connectivity index (χ2v) is 4.95. The van der Waals surface area contributed by atoms with Crippen molar-refractivity contribution >= 4 is 11.8 Å². The van der Waals surface area contributed by atoms with Gasteiger partial charge in [-0.05, 0) is 19.3 Å². The molecular formula is C11H24N4O2. The highest BCUT2D eigenvalue weighted by molar-refractivity contribution is 5.85. The molecule has 0 heterocycles. The van der Waals surface area contributed by atoms with Gasteiger partial charge in [0.25, 0.3) is 0 Å². The van der Waals surface area contributed by atoms with Crippen molar-refractivity contribution in [1.29, 1.82) is 0 Å². The Morgan fingerprint density at radius 2 is 1.24 bits per heavy atom. The van der Waals surface area contributed by atoms with Crippen LogP contribution in [0.15, 0.2) is 0 Å². The van der Waals surface area contributed by atoms with Gasteiger partial charge in [-0.25, -0.2) is 11.7 Å². The molecule has 0 saturated carbocycles. The number of nitrogens with two attached hydrogens (primary N) is 2. The molecule has 0 radical (unpaired) electrons. The van der Waals surface area contributed by atoms with Crippen molar-refractivity contribution in [3.8, 4) is 0 Å². The Balaban J connectivity index is 5.10. The molecule has 0 aliphatic carbocycles. The van der Waals surface area contributed by atoms with Crippen LogP contribution in [0.25, 0.3) is 0 Å². The molecule has 0 aromatic heterocycles. The van der Waals surface area contributed by atoms with Crippen molar-refractivity contribution in [2.24, 2.45) is 22.5 Å². The number of amides is 2. The summed E-state index contributed by atoms with van der Waals surface area (Å²) in [6.07, 6.45) is 1.60. The van der Waals surface area contributed by atoms with Crippen molar-refractivity contribution in [2.75, 3.05) is 0 Å². The third-order valence-corrected chi connectivity index (χ3v) is 3.70. The first-order chi connectivity index (χ1) is 7.79. The summed E-state index contributed by atoms with van der Waals surface area (Å²) in [5.41, 5.74) is 2.97. The van der Waals surface area contributed by atoms with Crippen molar-refractivity contribution in [3.05, 3.63) is 0 Å². The van der Waals surface area contributed by atoms with Crippen LogP contribution >= 0.6 is 0 Å².